The predicted octanol–water partition coefficient (Wildman–Crippen LogP) is 3.47. The van der Waals surface area contributed by atoms with Crippen molar-refractivity contribution in [3.05, 3.63) is 59.6 Å². The highest BCUT2D eigenvalue weighted by Gasteiger charge is 2.02. The predicted molar refractivity (Wildman–Crippen MR) is 67.9 cm³/mol. The van der Waals surface area contributed by atoms with Crippen molar-refractivity contribution in [3.8, 4) is 0 Å². The van der Waals surface area contributed by atoms with Gasteiger partial charge in [-0.3, -0.25) is 0 Å². The van der Waals surface area contributed by atoms with Crippen molar-refractivity contribution < 1.29 is 4.21 Å². The standard InChI is InChI=1S/C12H10ClNOS/c13-10-6-8-11(9-7-10)14-16(15)12-4-2-1-3-5-12/h1-9,14H/t16-/m1/s1. The molecule has 0 aliphatic rings. The molecule has 0 aromatic heterocycles. The van der Waals surface area contributed by atoms with Gasteiger partial charge in [0.05, 0.1) is 4.90 Å². The first-order valence-corrected chi connectivity index (χ1v) is 6.27. The lowest BCUT2D eigenvalue weighted by atomic mass is 10.3. The monoisotopic (exact) mass is 251 g/mol. The van der Waals surface area contributed by atoms with Gasteiger partial charge in [-0.2, -0.15) is 0 Å². The number of nitrogens with one attached hydrogen (secondary N) is 1. The van der Waals surface area contributed by atoms with Crippen LogP contribution in [0.4, 0.5) is 5.69 Å². The maximum atomic E-state index is 11.9. The summed E-state index contributed by atoms with van der Waals surface area (Å²) in [4.78, 5) is 0.748. The van der Waals surface area contributed by atoms with E-state index in [-0.39, 0.29) is 0 Å². The molecule has 16 heavy (non-hydrogen) atoms. The third kappa shape index (κ3) is 2.84. The van der Waals surface area contributed by atoms with Crippen LogP contribution < -0.4 is 4.72 Å². The summed E-state index contributed by atoms with van der Waals surface area (Å²) >= 11 is 5.76. The van der Waals surface area contributed by atoms with Crippen molar-refractivity contribution in [3.63, 3.8) is 0 Å². The summed E-state index contributed by atoms with van der Waals surface area (Å²) < 4.78 is 14.8. The average molecular weight is 252 g/mol. The zero-order chi connectivity index (χ0) is 11.4. The van der Waals surface area contributed by atoms with Crippen LogP contribution in [0, 0.1) is 0 Å². The van der Waals surface area contributed by atoms with Crippen LogP contribution in [0.25, 0.3) is 0 Å². The second-order valence-corrected chi connectivity index (χ2v) is 4.84. The Morgan fingerprint density at radius 3 is 2.19 bits per heavy atom. The van der Waals surface area contributed by atoms with E-state index in [9.17, 15) is 4.21 Å². The van der Waals surface area contributed by atoms with Crippen LogP contribution in [0.3, 0.4) is 0 Å². The molecule has 1 N–H and O–H groups in total. The fourth-order valence-electron chi connectivity index (χ4n) is 1.23. The van der Waals surface area contributed by atoms with Crippen LogP contribution in [-0.4, -0.2) is 4.21 Å². The molecule has 0 bridgehead atoms. The Morgan fingerprint density at radius 2 is 1.56 bits per heavy atom. The highest BCUT2D eigenvalue weighted by Crippen LogP contribution is 2.15. The minimum absolute atomic E-state index is 0.663. The molecule has 0 aliphatic heterocycles. The van der Waals surface area contributed by atoms with E-state index in [1.54, 1.807) is 24.3 Å². The Kier molecular flexibility index (Phi) is 3.59. The normalized spacial score (nSPS) is 12.1. The molecule has 2 rings (SSSR count). The lowest BCUT2D eigenvalue weighted by molar-refractivity contribution is 0.686. The Balaban J connectivity index is 2.11. The van der Waals surface area contributed by atoms with Gasteiger partial charge in [0.2, 0.25) is 0 Å². The SMILES string of the molecule is O=[S@@](Nc1ccc(Cl)cc1)c1ccccc1. The molecule has 82 valence electrons. The van der Waals surface area contributed by atoms with Gasteiger partial charge in [-0.05, 0) is 36.4 Å². The Hall–Kier alpha value is -1.32. The molecule has 0 unspecified atom stereocenters. The zero-order valence-corrected chi connectivity index (χ0v) is 9.96. The van der Waals surface area contributed by atoms with E-state index >= 15 is 0 Å². The summed E-state index contributed by atoms with van der Waals surface area (Å²) in [5.74, 6) is 0. The zero-order valence-electron chi connectivity index (χ0n) is 8.39. The van der Waals surface area contributed by atoms with Crippen molar-refractivity contribution in [2.75, 3.05) is 4.72 Å². The molecule has 0 fully saturated rings. The number of anilines is 1. The number of hydrogen-bond acceptors (Lipinski definition) is 1. The van der Waals surface area contributed by atoms with Gasteiger partial charge in [0, 0.05) is 10.7 Å². The molecule has 0 saturated heterocycles. The smallest absolute Gasteiger partial charge is 0.150 e. The van der Waals surface area contributed by atoms with Crippen molar-refractivity contribution >= 4 is 28.3 Å². The molecular weight excluding hydrogens is 242 g/mol. The van der Waals surface area contributed by atoms with Crippen LogP contribution in [0.5, 0.6) is 0 Å². The van der Waals surface area contributed by atoms with E-state index in [1.807, 2.05) is 30.3 Å². The molecular formula is C12H10ClNOS. The van der Waals surface area contributed by atoms with E-state index in [1.165, 1.54) is 0 Å². The molecule has 1 atom stereocenters. The first-order valence-electron chi connectivity index (χ1n) is 4.75. The van der Waals surface area contributed by atoms with Gasteiger partial charge < -0.3 is 4.72 Å². The molecule has 0 radical (unpaired) electrons. The van der Waals surface area contributed by atoms with E-state index in [0.717, 1.165) is 10.6 Å². The third-order valence-corrected chi connectivity index (χ3v) is 3.39. The number of benzene rings is 2. The molecule has 0 amide bonds. The summed E-state index contributed by atoms with van der Waals surface area (Å²) in [6.45, 7) is 0. The van der Waals surface area contributed by atoms with Gasteiger partial charge in [0.25, 0.3) is 0 Å². The van der Waals surface area contributed by atoms with Gasteiger partial charge in [-0.15, -0.1) is 0 Å². The quantitative estimate of drug-likeness (QED) is 0.889. The second kappa shape index (κ2) is 5.14. The average Bonchev–Trinajstić information content (AvgIpc) is 2.33. The third-order valence-electron chi connectivity index (χ3n) is 2.01. The van der Waals surface area contributed by atoms with E-state index in [4.69, 9.17) is 11.6 Å². The van der Waals surface area contributed by atoms with Crippen molar-refractivity contribution in [2.45, 2.75) is 4.90 Å². The van der Waals surface area contributed by atoms with Gasteiger partial charge >= 0.3 is 0 Å². The highest BCUT2D eigenvalue weighted by molar-refractivity contribution is 7.86. The first kappa shape index (κ1) is 11.2. The van der Waals surface area contributed by atoms with Gasteiger partial charge in [0.1, 0.15) is 11.0 Å². The molecule has 0 spiro atoms. The first-order chi connectivity index (χ1) is 7.75. The van der Waals surface area contributed by atoms with Crippen molar-refractivity contribution in [1.82, 2.24) is 0 Å². The van der Waals surface area contributed by atoms with E-state index in [2.05, 4.69) is 4.72 Å². The highest BCUT2D eigenvalue weighted by atomic mass is 35.5. The Labute approximate surface area is 102 Å². The van der Waals surface area contributed by atoms with Crippen molar-refractivity contribution in [1.29, 1.82) is 0 Å². The summed E-state index contributed by atoms with van der Waals surface area (Å²) in [6.07, 6.45) is 0. The molecule has 2 aromatic carbocycles. The largest absolute Gasteiger partial charge is 0.301 e. The maximum Gasteiger partial charge on any atom is 0.150 e. The van der Waals surface area contributed by atoms with Crippen LogP contribution in [0.2, 0.25) is 5.02 Å². The summed E-state index contributed by atoms with van der Waals surface area (Å²) in [5, 5.41) is 0.663. The molecule has 0 saturated carbocycles. The maximum absolute atomic E-state index is 11.9. The lowest BCUT2D eigenvalue weighted by Gasteiger charge is -2.05. The molecule has 2 aromatic rings. The lowest BCUT2D eigenvalue weighted by Crippen LogP contribution is -2.04. The van der Waals surface area contributed by atoms with Crippen LogP contribution >= 0.6 is 11.6 Å². The summed E-state index contributed by atoms with van der Waals surface area (Å²) in [5.41, 5.74) is 0.784. The Morgan fingerprint density at radius 1 is 0.938 bits per heavy atom. The van der Waals surface area contributed by atoms with Crippen LogP contribution in [-0.2, 0) is 11.0 Å². The topological polar surface area (TPSA) is 29.1 Å². The number of rotatable bonds is 3. The fourth-order valence-corrected chi connectivity index (χ4v) is 2.23. The summed E-state index contributed by atoms with van der Waals surface area (Å²) in [6, 6.07) is 16.3. The number of halogens is 1. The molecule has 0 heterocycles. The van der Waals surface area contributed by atoms with Gasteiger partial charge in [0.15, 0.2) is 0 Å². The fraction of sp³-hybridized carbons (Fsp3) is 0. The molecule has 4 heteroatoms. The van der Waals surface area contributed by atoms with Crippen molar-refractivity contribution in [2.24, 2.45) is 0 Å². The van der Waals surface area contributed by atoms with E-state index < -0.39 is 11.0 Å². The Bertz CT molecular complexity index is 484. The summed E-state index contributed by atoms with van der Waals surface area (Å²) in [7, 11) is -1.23. The molecule has 2 nitrogen and oxygen atoms in total. The van der Waals surface area contributed by atoms with Crippen LogP contribution in [0.15, 0.2) is 59.5 Å². The van der Waals surface area contributed by atoms with Gasteiger partial charge in [-0.25, -0.2) is 4.21 Å². The number of hydrogen-bond donors (Lipinski definition) is 1. The van der Waals surface area contributed by atoms with E-state index in [0.29, 0.717) is 5.02 Å². The minimum Gasteiger partial charge on any atom is -0.301 e. The van der Waals surface area contributed by atoms with Crippen LogP contribution in [0.1, 0.15) is 0 Å². The second-order valence-electron chi connectivity index (χ2n) is 3.19. The van der Waals surface area contributed by atoms with Gasteiger partial charge in [-0.1, -0.05) is 29.8 Å². The minimum atomic E-state index is -1.23. The molecule has 0 aliphatic carbocycles.